The van der Waals surface area contributed by atoms with Gasteiger partial charge in [0.05, 0.1) is 5.69 Å². The Labute approximate surface area is 134 Å². The predicted octanol–water partition coefficient (Wildman–Crippen LogP) is 2.85. The summed E-state index contributed by atoms with van der Waals surface area (Å²) < 4.78 is 28.3. The van der Waals surface area contributed by atoms with Crippen molar-refractivity contribution in [2.24, 2.45) is 5.73 Å². The van der Waals surface area contributed by atoms with Crippen LogP contribution < -0.4 is 5.73 Å². The molecule has 1 saturated heterocycles. The molecule has 0 bridgehead atoms. The largest absolute Gasteiger partial charge is 0.327 e. The van der Waals surface area contributed by atoms with E-state index < -0.39 is 11.6 Å². The summed E-state index contributed by atoms with van der Waals surface area (Å²) in [5, 5.41) is 4.43. The monoisotopic (exact) mass is 320 g/mol. The summed E-state index contributed by atoms with van der Waals surface area (Å²) in [6, 6.07) is 5.84. The number of nitrogens with two attached hydrogens (primary N) is 1. The van der Waals surface area contributed by atoms with Crippen LogP contribution in [0, 0.1) is 11.6 Å². The van der Waals surface area contributed by atoms with Crippen molar-refractivity contribution in [1.29, 1.82) is 0 Å². The van der Waals surface area contributed by atoms with Gasteiger partial charge in [0, 0.05) is 30.9 Å². The highest BCUT2D eigenvalue weighted by Crippen LogP contribution is 2.21. The first-order chi connectivity index (χ1) is 11.0. The van der Waals surface area contributed by atoms with Gasteiger partial charge in [0.15, 0.2) is 5.82 Å². The molecule has 3 rings (SSSR count). The second-order valence-electron chi connectivity index (χ2n) is 6.24. The van der Waals surface area contributed by atoms with Crippen LogP contribution >= 0.6 is 0 Å². The molecule has 0 spiro atoms. The molecule has 6 heteroatoms. The van der Waals surface area contributed by atoms with Crippen molar-refractivity contribution in [2.75, 3.05) is 6.54 Å². The van der Waals surface area contributed by atoms with Gasteiger partial charge >= 0.3 is 0 Å². The standard InChI is InChI=1S/C17H22F2N4/c1-12(20)16-4-2-3-8-22(16)11-14-7-9-23(21-14)17-6-5-13(18)10-15(17)19/h5-7,9-10,12,16H,2-4,8,11,20H2,1H3. The third-order valence-corrected chi connectivity index (χ3v) is 4.44. The summed E-state index contributed by atoms with van der Waals surface area (Å²) in [6.07, 6.45) is 5.18. The number of benzene rings is 1. The number of nitrogens with zero attached hydrogens (tertiary/aromatic N) is 3. The lowest BCUT2D eigenvalue weighted by Gasteiger charge is -2.37. The summed E-state index contributed by atoms with van der Waals surface area (Å²) >= 11 is 0. The average Bonchev–Trinajstić information content (AvgIpc) is 2.96. The van der Waals surface area contributed by atoms with Gasteiger partial charge in [-0.25, -0.2) is 13.5 Å². The number of piperidine rings is 1. The molecule has 2 unspecified atom stereocenters. The van der Waals surface area contributed by atoms with E-state index in [1.54, 1.807) is 6.20 Å². The quantitative estimate of drug-likeness (QED) is 0.942. The Morgan fingerprint density at radius 1 is 1.30 bits per heavy atom. The normalized spacial score (nSPS) is 20.6. The molecule has 2 atom stereocenters. The van der Waals surface area contributed by atoms with E-state index in [2.05, 4.69) is 10.00 Å². The fourth-order valence-corrected chi connectivity index (χ4v) is 3.26. The molecule has 1 aliphatic rings. The van der Waals surface area contributed by atoms with E-state index in [0.29, 0.717) is 12.6 Å². The Kier molecular flexibility index (Phi) is 4.73. The Balaban J connectivity index is 1.76. The predicted molar refractivity (Wildman–Crippen MR) is 85.2 cm³/mol. The maximum atomic E-state index is 13.8. The fraction of sp³-hybridized carbons (Fsp3) is 0.471. The molecule has 0 radical (unpaired) electrons. The summed E-state index contributed by atoms with van der Waals surface area (Å²) in [6.45, 7) is 3.74. The van der Waals surface area contributed by atoms with E-state index in [9.17, 15) is 8.78 Å². The highest BCUT2D eigenvalue weighted by molar-refractivity contribution is 5.33. The number of hydrogen-bond donors (Lipinski definition) is 1. The van der Waals surface area contributed by atoms with Gasteiger partial charge in [0.2, 0.25) is 0 Å². The summed E-state index contributed by atoms with van der Waals surface area (Å²) in [5.74, 6) is -1.21. The highest BCUT2D eigenvalue weighted by atomic mass is 19.1. The van der Waals surface area contributed by atoms with Crippen molar-refractivity contribution in [1.82, 2.24) is 14.7 Å². The van der Waals surface area contributed by atoms with Gasteiger partial charge in [0.1, 0.15) is 11.5 Å². The third-order valence-electron chi connectivity index (χ3n) is 4.44. The van der Waals surface area contributed by atoms with Gasteiger partial charge in [-0.3, -0.25) is 4.90 Å². The van der Waals surface area contributed by atoms with Crippen molar-refractivity contribution in [3.63, 3.8) is 0 Å². The number of aromatic nitrogens is 2. The molecule has 124 valence electrons. The summed E-state index contributed by atoms with van der Waals surface area (Å²) in [4.78, 5) is 2.35. The van der Waals surface area contributed by atoms with Gasteiger partial charge in [0.25, 0.3) is 0 Å². The highest BCUT2D eigenvalue weighted by Gasteiger charge is 2.25. The average molecular weight is 320 g/mol. The van der Waals surface area contributed by atoms with Gasteiger partial charge in [-0.2, -0.15) is 5.10 Å². The first-order valence-corrected chi connectivity index (χ1v) is 8.04. The molecule has 1 fully saturated rings. The lowest BCUT2D eigenvalue weighted by atomic mass is 9.97. The zero-order valence-electron chi connectivity index (χ0n) is 13.3. The Morgan fingerprint density at radius 3 is 2.87 bits per heavy atom. The maximum absolute atomic E-state index is 13.8. The lowest BCUT2D eigenvalue weighted by Crippen LogP contribution is -2.48. The van der Waals surface area contributed by atoms with E-state index in [1.165, 1.54) is 23.2 Å². The molecule has 1 aromatic heterocycles. The number of halogens is 2. The molecule has 23 heavy (non-hydrogen) atoms. The van der Waals surface area contributed by atoms with E-state index in [0.717, 1.165) is 31.1 Å². The number of hydrogen-bond acceptors (Lipinski definition) is 3. The van der Waals surface area contributed by atoms with Crippen molar-refractivity contribution in [3.8, 4) is 5.69 Å². The van der Waals surface area contributed by atoms with Crippen LogP contribution in [-0.4, -0.2) is 33.3 Å². The molecule has 2 N–H and O–H groups in total. The van der Waals surface area contributed by atoms with E-state index in [-0.39, 0.29) is 11.7 Å². The Bertz CT molecular complexity index is 668. The van der Waals surface area contributed by atoms with Crippen LogP contribution in [0.1, 0.15) is 31.9 Å². The third kappa shape index (κ3) is 3.59. The molecule has 4 nitrogen and oxygen atoms in total. The van der Waals surface area contributed by atoms with Crippen molar-refractivity contribution in [2.45, 2.75) is 44.8 Å². The molecule has 0 amide bonds. The zero-order valence-corrected chi connectivity index (χ0v) is 13.3. The molecule has 2 heterocycles. The van der Waals surface area contributed by atoms with Crippen LogP contribution in [-0.2, 0) is 6.54 Å². The minimum atomic E-state index is -0.619. The van der Waals surface area contributed by atoms with Crippen molar-refractivity contribution < 1.29 is 8.78 Å². The second-order valence-corrected chi connectivity index (χ2v) is 6.24. The minimum Gasteiger partial charge on any atom is -0.327 e. The molecule has 1 aromatic carbocycles. The molecular formula is C17H22F2N4. The lowest BCUT2D eigenvalue weighted by molar-refractivity contribution is 0.121. The van der Waals surface area contributed by atoms with Crippen LogP contribution in [0.3, 0.4) is 0 Å². The van der Waals surface area contributed by atoms with Crippen LogP contribution in [0.25, 0.3) is 5.69 Å². The Morgan fingerprint density at radius 2 is 2.13 bits per heavy atom. The van der Waals surface area contributed by atoms with Gasteiger partial charge in [-0.05, 0) is 44.5 Å². The SMILES string of the molecule is CC(N)C1CCCCN1Cc1ccn(-c2ccc(F)cc2F)n1. The van der Waals surface area contributed by atoms with E-state index in [1.807, 2.05) is 13.0 Å². The van der Waals surface area contributed by atoms with Crippen LogP contribution in [0.4, 0.5) is 8.78 Å². The smallest absolute Gasteiger partial charge is 0.151 e. The second kappa shape index (κ2) is 6.76. The van der Waals surface area contributed by atoms with Gasteiger partial charge < -0.3 is 5.73 Å². The molecule has 2 aromatic rings. The Hall–Kier alpha value is -1.79. The van der Waals surface area contributed by atoms with Crippen molar-refractivity contribution in [3.05, 3.63) is 47.8 Å². The maximum Gasteiger partial charge on any atom is 0.151 e. The van der Waals surface area contributed by atoms with Crippen molar-refractivity contribution >= 4 is 0 Å². The first kappa shape index (κ1) is 16.1. The molecular weight excluding hydrogens is 298 g/mol. The minimum absolute atomic E-state index is 0.118. The van der Waals surface area contributed by atoms with Crippen LogP contribution in [0.2, 0.25) is 0 Å². The van der Waals surface area contributed by atoms with Gasteiger partial charge in [-0.1, -0.05) is 6.42 Å². The number of rotatable bonds is 4. The fourth-order valence-electron chi connectivity index (χ4n) is 3.26. The summed E-state index contributed by atoms with van der Waals surface area (Å²) in [7, 11) is 0. The summed E-state index contributed by atoms with van der Waals surface area (Å²) in [5.41, 5.74) is 7.20. The molecule has 0 aliphatic carbocycles. The zero-order chi connectivity index (χ0) is 16.4. The molecule has 0 saturated carbocycles. The van der Waals surface area contributed by atoms with Crippen LogP contribution in [0.15, 0.2) is 30.5 Å². The molecule has 1 aliphatic heterocycles. The van der Waals surface area contributed by atoms with E-state index >= 15 is 0 Å². The first-order valence-electron chi connectivity index (χ1n) is 8.04. The van der Waals surface area contributed by atoms with Gasteiger partial charge in [-0.15, -0.1) is 0 Å². The van der Waals surface area contributed by atoms with Crippen LogP contribution in [0.5, 0.6) is 0 Å². The topological polar surface area (TPSA) is 47.1 Å². The number of likely N-dealkylation sites (tertiary alicyclic amines) is 1. The van der Waals surface area contributed by atoms with E-state index in [4.69, 9.17) is 5.73 Å².